The highest BCUT2D eigenvalue weighted by Crippen LogP contribution is 2.13. The Morgan fingerprint density at radius 3 is 2.92 bits per heavy atom. The summed E-state index contributed by atoms with van der Waals surface area (Å²) in [6.45, 7) is 5.07. The molecule has 2 heteroatoms. The smallest absolute Gasteiger partial charge is 0.169 e. The van der Waals surface area contributed by atoms with Crippen molar-refractivity contribution in [1.29, 1.82) is 0 Å². The van der Waals surface area contributed by atoms with Gasteiger partial charge in [-0.3, -0.25) is 4.79 Å². The summed E-state index contributed by atoms with van der Waals surface area (Å²) >= 11 is 0. The molecule has 0 heterocycles. The zero-order chi connectivity index (χ0) is 9.84. The van der Waals surface area contributed by atoms with Gasteiger partial charge in [-0.2, -0.15) is 0 Å². The van der Waals surface area contributed by atoms with Crippen LogP contribution >= 0.6 is 0 Å². The van der Waals surface area contributed by atoms with Crippen LogP contribution in [0.2, 0.25) is 0 Å². The lowest BCUT2D eigenvalue weighted by Crippen LogP contribution is -2.01. The fourth-order valence-corrected chi connectivity index (χ4v) is 1.10. The Kier molecular flexibility index (Phi) is 2.96. The summed E-state index contributed by atoms with van der Waals surface area (Å²) in [6.07, 6.45) is 1.66. The number of hydrogen-bond acceptors (Lipinski definition) is 1. The molecule has 0 fully saturated rings. The first-order valence-electron chi connectivity index (χ1n) is 4.06. The number of benzene rings is 1. The van der Waals surface area contributed by atoms with Crippen molar-refractivity contribution >= 4 is 5.78 Å². The number of halogens is 1. The summed E-state index contributed by atoms with van der Waals surface area (Å²) in [5.41, 5.74) is 0.648. The molecule has 0 aliphatic carbocycles. The lowest BCUT2D eigenvalue weighted by Gasteiger charge is -2.02. The minimum atomic E-state index is -0.422. The predicted octanol–water partition coefficient (Wildman–Crippen LogP) is 2.89. The maximum Gasteiger partial charge on any atom is 0.169 e. The lowest BCUT2D eigenvalue weighted by molar-refractivity contribution is 0.0992. The number of allylic oxidation sites excluding steroid dienone is 1. The van der Waals surface area contributed by atoms with Gasteiger partial charge in [0.25, 0.3) is 0 Å². The first-order chi connectivity index (χ1) is 6.16. The number of Topliss-reactive ketones (excluding diaryl/α,β-unsaturated/α-hetero) is 1. The third-order valence-corrected chi connectivity index (χ3v) is 1.82. The van der Waals surface area contributed by atoms with Gasteiger partial charge in [0, 0.05) is 6.42 Å². The molecule has 0 unspecified atom stereocenters. The molecular formula is C11H11FO. The number of rotatable bonds is 3. The summed E-state index contributed by atoms with van der Waals surface area (Å²) in [6, 6.07) is 4.81. The van der Waals surface area contributed by atoms with Crippen LogP contribution in [0.5, 0.6) is 0 Å². The lowest BCUT2D eigenvalue weighted by atomic mass is 10.0. The van der Waals surface area contributed by atoms with Gasteiger partial charge in [0.1, 0.15) is 5.82 Å². The van der Waals surface area contributed by atoms with Crippen molar-refractivity contribution in [3.63, 3.8) is 0 Å². The number of ketones is 1. The van der Waals surface area contributed by atoms with E-state index in [-0.39, 0.29) is 17.8 Å². The standard InChI is InChI=1S/C11H11FO/c1-3-5-10(13)9-7-4-6-8(2)11(9)12/h3-4,6-7H,1,5H2,2H3. The largest absolute Gasteiger partial charge is 0.294 e. The summed E-state index contributed by atoms with van der Waals surface area (Å²) in [5, 5.41) is 0. The van der Waals surface area contributed by atoms with E-state index in [1.807, 2.05) is 0 Å². The Bertz CT molecular complexity index is 342. The quantitative estimate of drug-likeness (QED) is 0.513. The molecule has 13 heavy (non-hydrogen) atoms. The minimum Gasteiger partial charge on any atom is -0.294 e. The van der Waals surface area contributed by atoms with Gasteiger partial charge in [0.05, 0.1) is 5.56 Å². The van der Waals surface area contributed by atoms with Crippen LogP contribution in [0.4, 0.5) is 4.39 Å². The van der Waals surface area contributed by atoms with E-state index in [2.05, 4.69) is 6.58 Å². The second-order valence-corrected chi connectivity index (χ2v) is 2.85. The Labute approximate surface area is 76.9 Å². The van der Waals surface area contributed by atoms with E-state index in [0.29, 0.717) is 5.56 Å². The number of carbonyl (C=O) groups excluding carboxylic acids is 1. The monoisotopic (exact) mass is 178 g/mol. The molecule has 0 spiro atoms. The van der Waals surface area contributed by atoms with Gasteiger partial charge in [-0.05, 0) is 18.6 Å². The number of carbonyl (C=O) groups is 1. The molecule has 0 aliphatic rings. The van der Waals surface area contributed by atoms with Crippen molar-refractivity contribution < 1.29 is 9.18 Å². The highest BCUT2D eigenvalue weighted by atomic mass is 19.1. The molecule has 1 aromatic carbocycles. The normalized spacial score (nSPS) is 9.69. The highest BCUT2D eigenvalue weighted by Gasteiger charge is 2.10. The van der Waals surface area contributed by atoms with Crippen molar-refractivity contribution in [2.75, 3.05) is 0 Å². The fraction of sp³-hybridized carbons (Fsp3) is 0.182. The molecule has 68 valence electrons. The Balaban J connectivity index is 3.07. The van der Waals surface area contributed by atoms with E-state index < -0.39 is 5.82 Å². The topological polar surface area (TPSA) is 17.1 Å². The summed E-state index contributed by atoms with van der Waals surface area (Å²) in [7, 11) is 0. The number of hydrogen-bond donors (Lipinski definition) is 0. The second kappa shape index (κ2) is 3.99. The van der Waals surface area contributed by atoms with Crippen molar-refractivity contribution in [2.45, 2.75) is 13.3 Å². The minimum absolute atomic E-state index is 0.153. The van der Waals surface area contributed by atoms with E-state index >= 15 is 0 Å². The van der Waals surface area contributed by atoms with E-state index in [9.17, 15) is 9.18 Å². The Morgan fingerprint density at radius 1 is 1.62 bits per heavy atom. The van der Waals surface area contributed by atoms with Crippen molar-refractivity contribution in [3.05, 3.63) is 47.8 Å². The molecule has 0 atom stereocenters. The van der Waals surface area contributed by atoms with E-state index in [1.54, 1.807) is 19.1 Å². The summed E-state index contributed by atoms with van der Waals surface area (Å²) in [4.78, 5) is 11.3. The van der Waals surface area contributed by atoms with Gasteiger partial charge in [0.2, 0.25) is 0 Å². The van der Waals surface area contributed by atoms with Gasteiger partial charge in [-0.25, -0.2) is 4.39 Å². The Hall–Kier alpha value is -1.44. The van der Waals surface area contributed by atoms with E-state index in [1.165, 1.54) is 12.1 Å². The van der Waals surface area contributed by atoms with Crippen LogP contribution in [0.3, 0.4) is 0 Å². The molecule has 1 rings (SSSR count). The van der Waals surface area contributed by atoms with Gasteiger partial charge < -0.3 is 0 Å². The molecule has 0 radical (unpaired) electrons. The van der Waals surface area contributed by atoms with Crippen LogP contribution in [0.1, 0.15) is 22.3 Å². The van der Waals surface area contributed by atoms with Crippen LogP contribution in [-0.4, -0.2) is 5.78 Å². The van der Waals surface area contributed by atoms with Crippen molar-refractivity contribution in [2.24, 2.45) is 0 Å². The van der Waals surface area contributed by atoms with Crippen molar-refractivity contribution in [1.82, 2.24) is 0 Å². The maximum atomic E-state index is 13.3. The second-order valence-electron chi connectivity index (χ2n) is 2.85. The molecule has 0 saturated heterocycles. The van der Waals surface area contributed by atoms with Crippen LogP contribution in [-0.2, 0) is 0 Å². The average Bonchev–Trinajstić information content (AvgIpc) is 2.10. The number of aryl methyl sites for hydroxylation is 1. The molecule has 1 nitrogen and oxygen atoms in total. The maximum absolute atomic E-state index is 13.3. The molecule has 0 amide bonds. The third-order valence-electron chi connectivity index (χ3n) is 1.82. The summed E-state index contributed by atoms with van der Waals surface area (Å²) in [5.74, 6) is -0.648. The van der Waals surface area contributed by atoms with Gasteiger partial charge in [0.15, 0.2) is 5.78 Å². The molecule has 1 aromatic rings. The molecular weight excluding hydrogens is 167 g/mol. The predicted molar refractivity (Wildman–Crippen MR) is 50.3 cm³/mol. The van der Waals surface area contributed by atoms with E-state index in [0.717, 1.165) is 0 Å². The fourth-order valence-electron chi connectivity index (χ4n) is 1.10. The first kappa shape index (κ1) is 9.65. The molecule has 0 saturated carbocycles. The van der Waals surface area contributed by atoms with Crippen LogP contribution in [0.15, 0.2) is 30.9 Å². The average molecular weight is 178 g/mol. The molecule has 0 bridgehead atoms. The van der Waals surface area contributed by atoms with Crippen molar-refractivity contribution in [3.8, 4) is 0 Å². The van der Waals surface area contributed by atoms with Gasteiger partial charge in [-0.15, -0.1) is 6.58 Å². The Morgan fingerprint density at radius 2 is 2.31 bits per heavy atom. The van der Waals surface area contributed by atoms with Crippen LogP contribution < -0.4 is 0 Å². The first-order valence-corrected chi connectivity index (χ1v) is 4.06. The van der Waals surface area contributed by atoms with Crippen LogP contribution in [0, 0.1) is 12.7 Å². The zero-order valence-electron chi connectivity index (χ0n) is 7.51. The summed E-state index contributed by atoms with van der Waals surface area (Å²) < 4.78 is 13.3. The third kappa shape index (κ3) is 2.02. The van der Waals surface area contributed by atoms with Crippen LogP contribution in [0.25, 0.3) is 0 Å². The van der Waals surface area contributed by atoms with Gasteiger partial charge >= 0.3 is 0 Å². The highest BCUT2D eigenvalue weighted by molar-refractivity contribution is 5.97. The SMILES string of the molecule is C=CCC(=O)c1cccc(C)c1F. The van der Waals surface area contributed by atoms with E-state index in [4.69, 9.17) is 0 Å². The molecule has 0 aliphatic heterocycles. The molecule has 0 aromatic heterocycles. The molecule has 0 N–H and O–H groups in total. The zero-order valence-corrected chi connectivity index (χ0v) is 7.51. The van der Waals surface area contributed by atoms with Gasteiger partial charge in [-0.1, -0.05) is 18.2 Å².